The Hall–Kier alpha value is -7.16. The number of allylic oxidation sites excluding steroid dienone is 4. The molecule has 0 unspecified atom stereocenters. The summed E-state index contributed by atoms with van der Waals surface area (Å²) in [6, 6.07) is 65.0. The van der Waals surface area contributed by atoms with Crippen molar-refractivity contribution >= 4 is 44.6 Å². The summed E-state index contributed by atoms with van der Waals surface area (Å²) in [5, 5.41) is 2.27. The van der Waals surface area contributed by atoms with E-state index in [0.29, 0.717) is 0 Å². The molecule has 3 aliphatic rings. The first-order valence-electron chi connectivity index (χ1n) is 22.1. The van der Waals surface area contributed by atoms with Crippen molar-refractivity contribution in [3.05, 3.63) is 216 Å². The summed E-state index contributed by atoms with van der Waals surface area (Å²) in [4.78, 5) is 2.52. The lowest BCUT2D eigenvalue weighted by Gasteiger charge is -2.31. The van der Waals surface area contributed by atoms with Crippen LogP contribution >= 0.6 is 0 Å². The van der Waals surface area contributed by atoms with E-state index in [2.05, 4.69) is 215 Å². The number of hydrogen-bond donors (Lipinski definition) is 0. The number of rotatable bonds is 6. The standard InChI is InChI=1S/C60H47NO/c1-59(2)49-27-10-5-21-43(49)48-37-39(34-35-51(48)59)41-20-7-12-30-53(41)61(40-19-15-18-38(36-40)42-25-17-33-56-58(42)47-24-9-14-32-55(47)62-56)54-31-13-8-22-44(54)45-26-16-29-52-57(45)46-23-6-11-28-50(46)60(52,3)4/h5,7-22,24-37H,6,23H2,1-4H3. The fourth-order valence-corrected chi connectivity index (χ4v) is 11.2. The third-order valence-electron chi connectivity index (χ3n) is 14.2. The molecule has 0 aliphatic heterocycles. The molecule has 9 aromatic rings. The first-order valence-corrected chi connectivity index (χ1v) is 22.1. The first-order chi connectivity index (χ1) is 30.3. The molecule has 0 saturated carbocycles. The average Bonchev–Trinajstić information content (AvgIpc) is 3.89. The van der Waals surface area contributed by atoms with Crippen LogP contribution in [0.25, 0.3) is 72.0 Å². The third kappa shape index (κ3) is 5.36. The Morgan fingerprint density at radius 1 is 0.468 bits per heavy atom. The summed E-state index contributed by atoms with van der Waals surface area (Å²) in [5.41, 5.74) is 23.4. The van der Waals surface area contributed by atoms with Crippen LogP contribution in [-0.2, 0) is 10.8 Å². The Morgan fingerprint density at radius 3 is 1.97 bits per heavy atom. The number of anilines is 3. The summed E-state index contributed by atoms with van der Waals surface area (Å²) in [7, 11) is 0. The van der Waals surface area contributed by atoms with Crippen molar-refractivity contribution < 1.29 is 4.42 Å². The highest BCUT2D eigenvalue weighted by Gasteiger charge is 2.39. The predicted octanol–water partition coefficient (Wildman–Crippen LogP) is 16.8. The Balaban J connectivity index is 1.10. The van der Waals surface area contributed by atoms with Gasteiger partial charge in [0.25, 0.3) is 0 Å². The van der Waals surface area contributed by atoms with Gasteiger partial charge >= 0.3 is 0 Å². The Morgan fingerprint density at radius 2 is 1.10 bits per heavy atom. The molecule has 298 valence electrons. The van der Waals surface area contributed by atoms with Gasteiger partial charge in [-0.15, -0.1) is 0 Å². The molecule has 0 fully saturated rings. The van der Waals surface area contributed by atoms with E-state index in [1.807, 2.05) is 6.07 Å². The van der Waals surface area contributed by atoms with Crippen molar-refractivity contribution in [2.75, 3.05) is 4.90 Å². The Labute approximate surface area is 364 Å². The van der Waals surface area contributed by atoms with Gasteiger partial charge in [0.2, 0.25) is 0 Å². The average molecular weight is 798 g/mol. The van der Waals surface area contributed by atoms with Gasteiger partial charge in [-0.3, -0.25) is 0 Å². The van der Waals surface area contributed by atoms with Gasteiger partial charge in [-0.1, -0.05) is 173 Å². The van der Waals surface area contributed by atoms with Gasteiger partial charge in [0.05, 0.1) is 11.4 Å². The molecule has 0 radical (unpaired) electrons. The lowest BCUT2D eigenvalue weighted by Crippen LogP contribution is -2.16. The number of nitrogens with zero attached hydrogens (tertiary/aromatic N) is 1. The van der Waals surface area contributed by atoms with Crippen molar-refractivity contribution in [1.29, 1.82) is 0 Å². The number of furan rings is 1. The molecule has 0 bridgehead atoms. The molecule has 1 heterocycles. The van der Waals surface area contributed by atoms with Crippen LogP contribution < -0.4 is 4.90 Å². The molecule has 2 nitrogen and oxygen atoms in total. The summed E-state index contributed by atoms with van der Waals surface area (Å²) in [6.07, 6.45) is 6.87. The zero-order valence-corrected chi connectivity index (χ0v) is 35.7. The highest BCUT2D eigenvalue weighted by molar-refractivity contribution is 6.12. The van der Waals surface area contributed by atoms with Crippen LogP contribution in [0.15, 0.2) is 198 Å². The van der Waals surface area contributed by atoms with Gasteiger partial charge in [-0.2, -0.15) is 0 Å². The molecular formula is C60H47NO. The molecular weight excluding hydrogens is 751 g/mol. The minimum absolute atomic E-state index is 0.0630. The maximum absolute atomic E-state index is 6.40. The quantitative estimate of drug-likeness (QED) is 0.167. The second kappa shape index (κ2) is 13.7. The smallest absolute Gasteiger partial charge is 0.136 e. The Kier molecular flexibility index (Phi) is 8.09. The summed E-state index contributed by atoms with van der Waals surface area (Å²) >= 11 is 0. The highest BCUT2D eigenvalue weighted by atomic mass is 16.3. The lowest BCUT2D eigenvalue weighted by molar-refractivity contribution is 0.651. The normalized spacial score (nSPS) is 15.4. The summed E-state index contributed by atoms with van der Waals surface area (Å²) in [5.74, 6) is 0. The molecule has 12 rings (SSSR count). The SMILES string of the molecule is CC1(C)C2=C(CCC=C2)c2c(-c3ccccc3N(c3cccc(-c4cccc5oc6ccccc6c45)c3)c3ccccc3-c3ccc4c(c3)-c3ccccc3C4(C)C)cccc21. The molecule has 8 aromatic carbocycles. The molecule has 0 spiro atoms. The zero-order chi connectivity index (χ0) is 41.7. The minimum Gasteiger partial charge on any atom is -0.456 e. The lowest BCUT2D eigenvalue weighted by atomic mass is 9.80. The van der Waals surface area contributed by atoms with E-state index in [1.165, 1.54) is 66.8 Å². The van der Waals surface area contributed by atoms with Crippen molar-refractivity contribution in [3.8, 4) is 44.5 Å². The van der Waals surface area contributed by atoms with E-state index in [0.717, 1.165) is 63.0 Å². The highest BCUT2D eigenvalue weighted by Crippen LogP contribution is 2.55. The van der Waals surface area contributed by atoms with Crippen molar-refractivity contribution in [2.45, 2.75) is 51.4 Å². The van der Waals surface area contributed by atoms with Crippen LogP contribution in [0.3, 0.4) is 0 Å². The maximum atomic E-state index is 6.40. The molecule has 3 aliphatic carbocycles. The van der Waals surface area contributed by atoms with E-state index < -0.39 is 0 Å². The summed E-state index contributed by atoms with van der Waals surface area (Å²) < 4.78 is 6.40. The Bertz CT molecular complexity index is 3370. The number of fused-ring (bicyclic) bond motifs is 8. The topological polar surface area (TPSA) is 16.4 Å². The van der Waals surface area contributed by atoms with Crippen LogP contribution in [0.2, 0.25) is 0 Å². The zero-order valence-electron chi connectivity index (χ0n) is 35.7. The van der Waals surface area contributed by atoms with Crippen molar-refractivity contribution in [2.24, 2.45) is 0 Å². The van der Waals surface area contributed by atoms with E-state index in [4.69, 9.17) is 4.42 Å². The largest absolute Gasteiger partial charge is 0.456 e. The van der Waals surface area contributed by atoms with E-state index >= 15 is 0 Å². The van der Waals surface area contributed by atoms with E-state index in [1.54, 1.807) is 0 Å². The van der Waals surface area contributed by atoms with Crippen LogP contribution in [0.1, 0.15) is 62.8 Å². The van der Waals surface area contributed by atoms with Crippen LogP contribution in [0, 0.1) is 0 Å². The number of benzene rings is 8. The first kappa shape index (κ1) is 36.7. The van der Waals surface area contributed by atoms with Crippen molar-refractivity contribution in [1.82, 2.24) is 0 Å². The molecule has 0 amide bonds. The van der Waals surface area contributed by atoms with Gasteiger partial charge in [0.1, 0.15) is 11.2 Å². The second-order valence-corrected chi connectivity index (χ2v) is 18.3. The molecule has 0 atom stereocenters. The van der Waals surface area contributed by atoms with Crippen LogP contribution in [0.5, 0.6) is 0 Å². The fourth-order valence-electron chi connectivity index (χ4n) is 11.2. The van der Waals surface area contributed by atoms with Gasteiger partial charge in [0.15, 0.2) is 0 Å². The number of hydrogen-bond acceptors (Lipinski definition) is 2. The third-order valence-corrected chi connectivity index (χ3v) is 14.2. The maximum Gasteiger partial charge on any atom is 0.136 e. The molecule has 1 aromatic heterocycles. The van der Waals surface area contributed by atoms with E-state index in [-0.39, 0.29) is 10.8 Å². The van der Waals surface area contributed by atoms with Gasteiger partial charge < -0.3 is 9.32 Å². The van der Waals surface area contributed by atoms with Gasteiger partial charge in [-0.25, -0.2) is 0 Å². The number of para-hydroxylation sites is 3. The van der Waals surface area contributed by atoms with Gasteiger partial charge in [-0.05, 0) is 122 Å². The molecule has 62 heavy (non-hydrogen) atoms. The fraction of sp³-hybridized carbons (Fsp3) is 0.133. The second-order valence-electron chi connectivity index (χ2n) is 18.3. The molecule has 0 saturated heterocycles. The minimum atomic E-state index is -0.0633. The monoisotopic (exact) mass is 797 g/mol. The molecule has 0 N–H and O–H groups in total. The molecule has 2 heteroatoms. The van der Waals surface area contributed by atoms with E-state index in [9.17, 15) is 0 Å². The van der Waals surface area contributed by atoms with Crippen LogP contribution in [-0.4, -0.2) is 0 Å². The summed E-state index contributed by atoms with van der Waals surface area (Å²) in [6.45, 7) is 9.50. The van der Waals surface area contributed by atoms with Crippen LogP contribution in [0.4, 0.5) is 17.1 Å². The van der Waals surface area contributed by atoms with Crippen molar-refractivity contribution in [3.63, 3.8) is 0 Å². The van der Waals surface area contributed by atoms with Gasteiger partial charge in [0, 0.05) is 38.4 Å². The predicted molar refractivity (Wildman–Crippen MR) is 261 cm³/mol.